The zero-order valence-electron chi connectivity index (χ0n) is 18.4. The molecule has 2 saturated heterocycles. The Bertz CT molecular complexity index is 1060. The second-order valence-corrected chi connectivity index (χ2v) is 9.27. The maximum absolute atomic E-state index is 14.6. The van der Waals surface area contributed by atoms with E-state index in [4.69, 9.17) is 0 Å². The number of benzene rings is 1. The lowest BCUT2D eigenvalue weighted by Gasteiger charge is -2.40. The molecule has 2 unspecified atom stereocenters. The van der Waals surface area contributed by atoms with Crippen LogP contribution in [-0.2, 0) is 21.7 Å². The summed E-state index contributed by atoms with van der Waals surface area (Å²) in [6.07, 6.45) is 2.69. The molecule has 3 amide bonds. The lowest BCUT2D eigenvalue weighted by Crippen LogP contribution is -2.57. The monoisotopic (exact) mass is 494 g/mol. The van der Waals surface area contributed by atoms with E-state index in [1.54, 1.807) is 4.90 Å². The van der Waals surface area contributed by atoms with E-state index in [0.29, 0.717) is 26.2 Å². The molecule has 0 aliphatic carbocycles. The molecule has 0 saturated carbocycles. The minimum absolute atomic E-state index is 0.00668. The number of imide groups is 1. The predicted molar refractivity (Wildman–Crippen MR) is 117 cm³/mol. The van der Waals surface area contributed by atoms with Crippen LogP contribution in [0.15, 0.2) is 30.9 Å². The predicted octanol–water partition coefficient (Wildman–Crippen LogP) is 0.672. The molecule has 182 valence electrons. The van der Waals surface area contributed by atoms with Crippen molar-refractivity contribution in [2.24, 2.45) is 0 Å². The Hall–Kier alpha value is -2.90. The van der Waals surface area contributed by atoms with Crippen molar-refractivity contribution in [2.75, 3.05) is 38.5 Å². The van der Waals surface area contributed by atoms with Crippen LogP contribution in [0, 0.1) is 11.6 Å². The lowest BCUT2D eigenvalue weighted by molar-refractivity contribution is -0.142. The van der Waals surface area contributed by atoms with Crippen molar-refractivity contribution in [1.82, 2.24) is 29.5 Å². The van der Waals surface area contributed by atoms with Crippen LogP contribution in [0.2, 0.25) is 0 Å². The number of hydrogen-bond donors (Lipinski definition) is 1. The summed E-state index contributed by atoms with van der Waals surface area (Å²) in [6, 6.07) is 2.13. The maximum atomic E-state index is 14.6. The van der Waals surface area contributed by atoms with Crippen LogP contribution < -0.4 is 0 Å². The third kappa shape index (κ3) is 4.95. The molecule has 1 N–H and O–H groups in total. The molecule has 2 aliphatic rings. The Morgan fingerprint density at radius 2 is 1.94 bits per heavy atom. The van der Waals surface area contributed by atoms with Gasteiger partial charge in [0.2, 0.25) is 11.8 Å². The van der Waals surface area contributed by atoms with E-state index in [-0.39, 0.29) is 36.2 Å². The van der Waals surface area contributed by atoms with Gasteiger partial charge < -0.3 is 10.0 Å². The number of halogens is 2. The Morgan fingerprint density at radius 1 is 1.21 bits per heavy atom. The fraction of sp³-hybridized carbons (Fsp3) is 0.476. The largest absolute Gasteiger partial charge is 0.382 e. The van der Waals surface area contributed by atoms with Gasteiger partial charge in [0.05, 0.1) is 12.3 Å². The number of hydrogen-bond acceptors (Lipinski definition) is 8. The van der Waals surface area contributed by atoms with E-state index in [0.717, 1.165) is 28.8 Å². The Morgan fingerprint density at radius 3 is 2.53 bits per heavy atom. The second-order valence-electron chi connectivity index (χ2n) is 8.34. The summed E-state index contributed by atoms with van der Waals surface area (Å²) in [5.41, 5.74) is -1.81. The molecule has 10 nitrogen and oxygen atoms in total. The first-order chi connectivity index (χ1) is 16.2. The van der Waals surface area contributed by atoms with Crippen molar-refractivity contribution in [2.45, 2.75) is 25.1 Å². The van der Waals surface area contributed by atoms with Gasteiger partial charge in [-0.1, -0.05) is 17.8 Å². The van der Waals surface area contributed by atoms with E-state index in [9.17, 15) is 28.3 Å². The van der Waals surface area contributed by atoms with Gasteiger partial charge in [-0.3, -0.25) is 24.2 Å². The molecule has 0 bridgehead atoms. The molecule has 34 heavy (non-hydrogen) atoms. The summed E-state index contributed by atoms with van der Waals surface area (Å²) in [5, 5.41) is 15.0. The van der Waals surface area contributed by atoms with Crippen molar-refractivity contribution in [3.05, 3.63) is 48.1 Å². The van der Waals surface area contributed by atoms with Crippen molar-refractivity contribution < 1.29 is 28.3 Å². The number of β-amino-alcohol motifs (C(OH)–C–C–N with tert-alkyl or cyclic N) is 1. The van der Waals surface area contributed by atoms with Gasteiger partial charge in [-0.05, 0) is 13.0 Å². The van der Waals surface area contributed by atoms with Crippen molar-refractivity contribution in [1.29, 1.82) is 0 Å². The average molecular weight is 495 g/mol. The lowest BCUT2D eigenvalue weighted by atomic mass is 9.92. The summed E-state index contributed by atoms with van der Waals surface area (Å²) in [4.78, 5) is 45.0. The number of amides is 3. The van der Waals surface area contributed by atoms with Gasteiger partial charge in [0, 0.05) is 44.4 Å². The van der Waals surface area contributed by atoms with Crippen molar-refractivity contribution in [3.63, 3.8) is 0 Å². The first kappa shape index (κ1) is 24.2. The van der Waals surface area contributed by atoms with Crippen LogP contribution in [0.1, 0.15) is 12.5 Å². The van der Waals surface area contributed by atoms with E-state index in [1.807, 2.05) is 4.90 Å². The summed E-state index contributed by atoms with van der Waals surface area (Å²) < 4.78 is 29.5. The highest BCUT2D eigenvalue weighted by Crippen LogP contribution is 2.28. The second kappa shape index (κ2) is 9.76. The van der Waals surface area contributed by atoms with Crippen LogP contribution in [-0.4, -0.2) is 96.1 Å². The molecule has 2 aromatic rings. The molecule has 0 spiro atoms. The zero-order valence-corrected chi connectivity index (χ0v) is 19.2. The van der Waals surface area contributed by atoms with E-state index in [2.05, 4.69) is 10.1 Å². The SMILES string of the molecule is CC(C(=O)N1CCN(CC(O)(Cn2cncn2)c2ccc(F)cc2F)CC1)N1C(=O)CSC1=O. The molecule has 2 aliphatic heterocycles. The normalized spacial score (nSPS) is 20.0. The Labute approximate surface area is 198 Å². The third-order valence-corrected chi connectivity index (χ3v) is 6.86. The minimum Gasteiger partial charge on any atom is -0.382 e. The number of nitrogens with zero attached hydrogens (tertiary/aromatic N) is 6. The average Bonchev–Trinajstić information content (AvgIpc) is 3.42. The number of carbonyl (C=O) groups is 3. The van der Waals surface area contributed by atoms with E-state index < -0.39 is 28.5 Å². The fourth-order valence-electron chi connectivity index (χ4n) is 4.28. The van der Waals surface area contributed by atoms with Gasteiger partial charge in [0.25, 0.3) is 5.24 Å². The smallest absolute Gasteiger partial charge is 0.289 e. The number of piperazine rings is 1. The molecule has 1 aromatic heterocycles. The summed E-state index contributed by atoms with van der Waals surface area (Å²) in [7, 11) is 0. The minimum atomic E-state index is -1.74. The Kier molecular flexibility index (Phi) is 6.96. The Balaban J connectivity index is 1.44. The molecular formula is C21H24F2N6O4S. The standard InChI is InChI=1S/C21H24F2N6O4S/c1-14(29-18(30)9-34-20(29)32)19(31)27-6-4-26(5-7-27)10-21(33,11-28-13-24-12-25-28)16-3-2-15(22)8-17(16)23/h2-3,8,12-14,33H,4-7,9-11H2,1H3. The van der Waals surface area contributed by atoms with Crippen LogP contribution in [0.4, 0.5) is 13.6 Å². The molecular weight excluding hydrogens is 470 g/mol. The highest BCUT2D eigenvalue weighted by Gasteiger charge is 2.40. The first-order valence-electron chi connectivity index (χ1n) is 10.7. The van der Waals surface area contributed by atoms with E-state index in [1.165, 1.54) is 30.3 Å². The summed E-state index contributed by atoms with van der Waals surface area (Å²) in [6.45, 7) is 2.78. The van der Waals surface area contributed by atoms with Crippen LogP contribution in [0.3, 0.4) is 0 Å². The number of carbonyl (C=O) groups excluding carboxylic acids is 3. The number of aromatic nitrogens is 3. The number of rotatable bonds is 7. The fourth-order valence-corrected chi connectivity index (χ4v) is 5.06. The van der Waals surface area contributed by atoms with Gasteiger partial charge in [-0.15, -0.1) is 0 Å². The molecule has 2 fully saturated rings. The first-order valence-corrected chi connectivity index (χ1v) is 11.7. The molecule has 4 rings (SSSR count). The molecule has 3 heterocycles. The zero-order chi connectivity index (χ0) is 24.5. The van der Waals surface area contributed by atoms with Crippen LogP contribution in [0.25, 0.3) is 0 Å². The quantitative estimate of drug-likeness (QED) is 0.598. The van der Waals surface area contributed by atoms with Crippen LogP contribution >= 0.6 is 11.8 Å². The van der Waals surface area contributed by atoms with E-state index >= 15 is 0 Å². The number of aliphatic hydroxyl groups is 1. The van der Waals surface area contributed by atoms with Gasteiger partial charge in [-0.2, -0.15) is 5.10 Å². The van der Waals surface area contributed by atoms with Gasteiger partial charge in [0.15, 0.2) is 0 Å². The highest BCUT2D eigenvalue weighted by atomic mass is 32.2. The van der Waals surface area contributed by atoms with Crippen LogP contribution in [0.5, 0.6) is 0 Å². The van der Waals surface area contributed by atoms with Gasteiger partial charge >= 0.3 is 0 Å². The van der Waals surface area contributed by atoms with Gasteiger partial charge in [0.1, 0.15) is 35.9 Å². The molecule has 2 atom stereocenters. The molecule has 13 heteroatoms. The number of thioether (sulfide) groups is 1. The summed E-state index contributed by atoms with van der Waals surface area (Å²) >= 11 is 0.879. The van der Waals surface area contributed by atoms with Crippen molar-refractivity contribution in [3.8, 4) is 0 Å². The third-order valence-electron chi connectivity index (χ3n) is 6.02. The summed E-state index contributed by atoms with van der Waals surface area (Å²) in [5.74, 6) is -2.29. The topological polar surface area (TPSA) is 112 Å². The van der Waals surface area contributed by atoms with Gasteiger partial charge in [-0.25, -0.2) is 18.4 Å². The van der Waals surface area contributed by atoms with Crippen molar-refractivity contribution >= 4 is 28.8 Å². The maximum Gasteiger partial charge on any atom is 0.289 e. The molecule has 1 aromatic carbocycles. The highest BCUT2D eigenvalue weighted by molar-refractivity contribution is 8.14. The molecule has 0 radical (unpaired) electrons.